The predicted octanol–water partition coefficient (Wildman–Crippen LogP) is 3.70. The third-order valence-corrected chi connectivity index (χ3v) is 4.32. The van der Waals surface area contributed by atoms with E-state index in [0.717, 1.165) is 29.4 Å². The van der Waals surface area contributed by atoms with Gasteiger partial charge in [-0.2, -0.15) is 0 Å². The van der Waals surface area contributed by atoms with Crippen molar-refractivity contribution < 1.29 is 0 Å². The Balaban J connectivity index is 1.55. The monoisotopic (exact) mass is 331 g/mol. The molecule has 2 aromatic rings. The van der Waals surface area contributed by atoms with Crippen molar-refractivity contribution in [3.8, 4) is 0 Å². The second kappa shape index (κ2) is 6.35. The third-order valence-electron chi connectivity index (χ3n) is 3.91. The lowest BCUT2D eigenvalue weighted by molar-refractivity contribution is 0.402. The maximum absolute atomic E-state index is 4.43. The largest absolute Gasteiger partial charge is 0.355 e. The summed E-state index contributed by atoms with van der Waals surface area (Å²) in [6.07, 6.45) is 7.27. The van der Waals surface area contributed by atoms with E-state index in [9.17, 15) is 0 Å². The lowest BCUT2D eigenvalue weighted by Gasteiger charge is -2.32. The Labute approximate surface area is 128 Å². The minimum atomic E-state index is 0.789. The zero-order valence-electron chi connectivity index (χ0n) is 11.4. The highest BCUT2D eigenvalue weighted by Crippen LogP contribution is 2.24. The highest BCUT2D eigenvalue weighted by molar-refractivity contribution is 9.10. The van der Waals surface area contributed by atoms with E-state index in [4.69, 9.17) is 0 Å². The summed E-state index contributed by atoms with van der Waals surface area (Å²) < 4.78 is 0.792. The van der Waals surface area contributed by atoms with E-state index in [-0.39, 0.29) is 0 Å². The van der Waals surface area contributed by atoms with Gasteiger partial charge in [-0.05, 0) is 46.7 Å². The van der Waals surface area contributed by atoms with E-state index >= 15 is 0 Å². The molecule has 0 atom stereocenters. The molecule has 3 nitrogen and oxygen atoms in total. The zero-order chi connectivity index (χ0) is 13.8. The van der Waals surface area contributed by atoms with Crippen LogP contribution < -0.4 is 4.90 Å². The van der Waals surface area contributed by atoms with Gasteiger partial charge in [0.1, 0.15) is 10.4 Å². The molecule has 0 aliphatic carbocycles. The number of anilines is 1. The predicted molar refractivity (Wildman–Crippen MR) is 84.8 cm³/mol. The highest BCUT2D eigenvalue weighted by atomic mass is 79.9. The molecule has 1 aliphatic rings. The number of hydrogen-bond donors (Lipinski definition) is 0. The van der Waals surface area contributed by atoms with Crippen LogP contribution in [-0.2, 0) is 6.42 Å². The number of benzene rings is 1. The van der Waals surface area contributed by atoms with Gasteiger partial charge >= 0.3 is 0 Å². The van der Waals surface area contributed by atoms with E-state index in [0.29, 0.717) is 0 Å². The van der Waals surface area contributed by atoms with E-state index < -0.39 is 0 Å². The smallest absolute Gasteiger partial charge is 0.147 e. The highest BCUT2D eigenvalue weighted by Gasteiger charge is 2.20. The van der Waals surface area contributed by atoms with Crippen molar-refractivity contribution in [2.45, 2.75) is 19.3 Å². The van der Waals surface area contributed by atoms with Crippen LogP contribution in [0.1, 0.15) is 18.4 Å². The molecule has 104 valence electrons. The Morgan fingerprint density at radius 2 is 1.80 bits per heavy atom. The summed E-state index contributed by atoms with van der Waals surface area (Å²) in [7, 11) is 0. The molecule has 0 saturated carbocycles. The van der Waals surface area contributed by atoms with E-state index in [2.05, 4.69) is 61.1 Å². The van der Waals surface area contributed by atoms with Crippen molar-refractivity contribution in [3.05, 3.63) is 52.9 Å². The first-order valence-corrected chi connectivity index (χ1v) is 7.87. The maximum Gasteiger partial charge on any atom is 0.147 e. The zero-order valence-corrected chi connectivity index (χ0v) is 13.0. The molecule has 2 heterocycles. The number of piperidine rings is 1. The summed E-state index contributed by atoms with van der Waals surface area (Å²) in [5.41, 5.74) is 1.45. The van der Waals surface area contributed by atoms with Gasteiger partial charge in [-0.25, -0.2) is 9.97 Å². The first kappa shape index (κ1) is 13.6. The minimum Gasteiger partial charge on any atom is -0.355 e. The van der Waals surface area contributed by atoms with Crippen LogP contribution in [0.4, 0.5) is 5.82 Å². The summed E-state index contributed by atoms with van der Waals surface area (Å²) in [5, 5.41) is 0. The van der Waals surface area contributed by atoms with Crippen LogP contribution in [0.2, 0.25) is 0 Å². The molecule has 0 radical (unpaired) electrons. The topological polar surface area (TPSA) is 29.0 Å². The SMILES string of the molecule is Brc1cnc(N2CCC(Cc3ccccc3)CC2)cn1. The molecule has 1 aromatic carbocycles. The molecule has 3 rings (SSSR count). The number of halogens is 1. The molecule has 1 fully saturated rings. The Kier molecular flexibility index (Phi) is 4.31. The molecule has 1 aromatic heterocycles. The van der Waals surface area contributed by atoms with Crippen molar-refractivity contribution in [2.24, 2.45) is 5.92 Å². The maximum atomic E-state index is 4.43. The molecular weight excluding hydrogens is 314 g/mol. The molecule has 0 unspecified atom stereocenters. The Bertz CT molecular complexity index is 533. The number of nitrogens with zero attached hydrogens (tertiary/aromatic N) is 3. The first-order valence-electron chi connectivity index (χ1n) is 7.07. The fourth-order valence-electron chi connectivity index (χ4n) is 2.78. The van der Waals surface area contributed by atoms with Gasteiger partial charge in [-0.1, -0.05) is 30.3 Å². The van der Waals surface area contributed by atoms with E-state index in [1.54, 1.807) is 6.20 Å². The summed E-state index contributed by atoms with van der Waals surface area (Å²) in [5.74, 6) is 1.78. The molecule has 0 amide bonds. The third kappa shape index (κ3) is 3.37. The van der Waals surface area contributed by atoms with Gasteiger partial charge in [0.2, 0.25) is 0 Å². The van der Waals surface area contributed by atoms with Gasteiger partial charge in [-0.3, -0.25) is 0 Å². The van der Waals surface area contributed by atoms with Crippen molar-refractivity contribution in [2.75, 3.05) is 18.0 Å². The normalized spacial score (nSPS) is 16.4. The second-order valence-electron chi connectivity index (χ2n) is 5.32. The molecule has 0 N–H and O–H groups in total. The van der Waals surface area contributed by atoms with Crippen LogP contribution in [-0.4, -0.2) is 23.1 Å². The molecular formula is C16H18BrN3. The Morgan fingerprint density at radius 3 is 2.45 bits per heavy atom. The van der Waals surface area contributed by atoms with Crippen LogP contribution in [0.5, 0.6) is 0 Å². The summed E-state index contributed by atoms with van der Waals surface area (Å²) in [4.78, 5) is 11.0. The molecule has 1 aliphatic heterocycles. The van der Waals surface area contributed by atoms with Gasteiger partial charge < -0.3 is 4.90 Å². The fraction of sp³-hybridized carbons (Fsp3) is 0.375. The summed E-state index contributed by atoms with van der Waals surface area (Å²) in [6, 6.07) is 10.8. The van der Waals surface area contributed by atoms with Crippen LogP contribution in [0.15, 0.2) is 47.3 Å². The van der Waals surface area contributed by atoms with Gasteiger partial charge in [-0.15, -0.1) is 0 Å². The molecule has 0 spiro atoms. The van der Waals surface area contributed by atoms with Crippen LogP contribution in [0.25, 0.3) is 0 Å². The summed E-state index contributed by atoms with van der Waals surface area (Å²) >= 11 is 3.32. The lowest BCUT2D eigenvalue weighted by atomic mass is 9.90. The average Bonchev–Trinajstić information content (AvgIpc) is 2.50. The second-order valence-corrected chi connectivity index (χ2v) is 6.13. The van der Waals surface area contributed by atoms with Gasteiger partial charge in [0.05, 0.1) is 12.4 Å². The lowest BCUT2D eigenvalue weighted by Crippen LogP contribution is -2.34. The van der Waals surface area contributed by atoms with Crippen molar-refractivity contribution in [1.29, 1.82) is 0 Å². The van der Waals surface area contributed by atoms with Crippen LogP contribution >= 0.6 is 15.9 Å². The number of aromatic nitrogens is 2. The van der Waals surface area contributed by atoms with Crippen molar-refractivity contribution >= 4 is 21.7 Å². The van der Waals surface area contributed by atoms with Gasteiger partial charge in [0.25, 0.3) is 0 Å². The quantitative estimate of drug-likeness (QED) is 0.858. The minimum absolute atomic E-state index is 0.789. The standard InChI is InChI=1S/C16H18BrN3/c17-15-11-19-16(12-18-15)20-8-6-14(7-9-20)10-13-4-2-1-3-5-13/h1-5,11-12,14H,6-10H2. The van der Waals surface area contributed by atoms with Gasteiger partial charge in [0, 0.05) is 13.1 Å². The number of rotatable bonds is 3. The van der Waals surface area contributed by atoms with E-state index in [1.807, 2.05) is 6.20 Å². The molecule has 20 heavy (non-hydrogen) atoms. The molecule has 4 heteroatoms. The van der Waals surface area contributed by atoms with E-state index in [1.165, 1.54) is 24.8 Å². The Morgan fingerprint density at radius 1 is 1.05 bits per heavy atom. The molecule has 0 bridgehead atoms. The van der Waals surface area contributed by atoms with Crippen LogP contribution in [0.3, 0.4) is 0 Å². The Hall–Kier alpha value is -1.42. The summed E-state index contributed by atoms with van der Waals surface area (Å²) in [6.45, 7) is 2.15. The van der Waals surface area contributed by atoms with Crippen molar-refractivity contribution in [1.82, 2.24) is 9.97 Å². The number of hydrogen-bond acceptors (Lipinski definition) is 3. The first-order chi connectivity index (χ1) is 9.81. The average molecular weight is 332 g/mol. The van der Waals surface area contributed by atoms with Crippen LogP contribution in [0, 0.1) is 5.92 Å². The van der Waals surface area contributed by atoms with Crippen molar-refractivity contribution in [3.63, 3.8) is 0 Å². The molecule has 1 saturated heterocycles. The fourth-order valence-corrected chi connectivity index (χ4v) is 2.99. The van der Waals surface area contributed by atoms with Gasteiger partial charge in [0.15, 0.2) is 0 Å².